The van der Waals surface area contributed by atoms with Crippen molar-refractivity contribution in [2.45, 2.75) is 40.5 Å². The number of anilines is 1. The van der Waals surface area contributed by atoms with Crippen LogP contribution in [0.25, 0.3) is 0 Å². The van der Waals surface area contributed by atoms with Crippen molar-refractivity contribution >= 4 is 34.2 Å². The van der Waals surface area contributed by atoms with Crippen LogP contribution in [0.4, 0.5) is 5.00 Å². The van der Waals surface area contributed by atoms with Crippen molar-refractivity contribution in [1.29, 1.82) is 0 Å². The SMILES string of the molecule is CCOC(=O)c1sc(NC(=O)COc2ccc(C(C)C)cc2)c(C(=O)OCC)c1C. The van der Waals surface area contributed by atoms with Crippen LogP contribution in [-0.2, 0) is 14.3 Å². The van der Waals surface area contributed by atoms with Crippen LogP contribution < -0.4 is 10.1 Å². The van der Waals surface area contributed by atoms with Crippen molar-refractivity contribution in [1.82, 2.24) is 0 Å². The monoisotopic (exact) mass is 433 g/mol. The van der Waals surface area contributed by atoms with Gasteiger partial charge in [0, 0.05) is 0 Å². The third kappa shape index (κ3) is 5.82. The summed E-state index contributed by atoms with van der Waals surface area (Å²) in [6.07, 6.45) is 0. The Bertz CT molecular complexity index is 901. The second kappa shape index (κ2) is 10.8. The van der Waals surface area contributed by atoms with Crippen LogP contribution in [-0.4, -0.2) is 37.7 Å². The molecule has 0 fully saturated rings. The zero-order chi connectivity index (χ0) is 22.3. The van der Waals surface area contributed by atoms with Gasteiger partial charge in [-0.2, -0.15) is 0 Å². The lowest BCUT2D eigenvalue weighted by atomic mass is 10.0. The molecule has 7 nitrogen and oxygen atoms in total. The molecule has 1 amide bonds. The molecule has 8 heteroatoms. The number of ether oxygens (including phenoxy) is 3. The highest BCUT2D eigenvalue weighted by molar-refractivity contribution is 7.18. The lowest BCUT2D eigenvalue weighted by Crippen LogP contribution is -2.21. The average molecular weight is 434 g/mol. The third-order valence-electron chi connectivity index (χ3n) is 4.26. The fraction of sp³-hybridized carbons (Fsp3) is 0.409. The first kappa shape index (κ1) is 23.4. The summed E-state index contributed by atoms with van der Waals surface area (Å²) in [7, 11) is 0. The molecule has 1 aromatic heterocycles. The molecule has 0 radical (unpaired) electrons. The van der Waals surface area contributed by atoms with E-state index in [2.05, 4.69) is 19.2 Å². The van der Waals surface area contributed by atoms with Gasteiger partial charge in [-0.25, -0.2) is 9.59 Å². The van der Waals surface area contributed by atoms with E-state index in [1.165, 1.54) is 5.56 Å². The van der Waals surface area contributed by atoms with E-state index in [0.29, 0.717) is 17.2 Å². The molecule has 0 unspecified atom stereocenters. The number of hydrogen-bond donors (Lipinski definition) is 1. The highest BCUT2D eigenvalue weighted by atomic mass is 32.1. The van der Waals surface area contributed by atoms with Crippen molar-refractivity contribution in [3.63, 3.8) is 0 Å². The summed E-state index contributed by atoms with van der Waals surface area (Å²) in [6, 6.07) is 7.51. The number of esters is 2. The molecule has 30 heavy (non-hydrogen) atoms. The number of thiophene rings is 1. The minimum Gasteiger partial charge on any atom is -0.484 e. The van der Waals surface area contributed by atoms with Gasteiger partial charge in [-0.3, -0.25) is 4.79 Å². The molecule has 0 aliphatic heterocycles. The Balaban J connectivity index is 2.14. The van der Waals surface area contributed by atoms with Gasteiger partial charge in [-0.1, -0.05) is 26.0 Å². The second-order valence-corrected chi connectivity index (χ2v) is 7.78. The number of carbonyl (C=O) groups excluding carboxylic acids is 3. The molecular weight excluding hydrogens is 406 g/mol. The molecule has 1 heterocycles. The maximum absolute atomic E-state index is 12.4. The van der Waals surface area contributed by atoms with Crippen LogP contribution in [0.1, 0.15) is 64.8 Å². The molecule has 1 N–H and O–H groups in total. The Morgan fingerprint density at radius 1 is 1.00 bits per heavy atom. The topological polar surface area (TPSA) is 90.9 Å². The van der Waals surface area contributed by atoms with Gasteiger partial charge in [0.1, 0.15) is 15.6 Å². The van der Waals surface area contributed by atoms with Crippen LogP contribution in [0.5, 0.6) is 5.75 Å². The van der Waals surface area contributed by atoms with Crippen molar-refractivity contribution in [2.75, 3.05) is 25.1 Å². The van der Waals surface area contributed by atoms with Crippen molar-refractivity contribution in [3.05, 3.63) is 45.8 Å². The van der Waals surface area contributed by atoms with Crippen molar-refractivity contribution in [2.24, 2.45) is 0 Å². The first-order valence-corrected chi connectivity index (χ1v) is 10.6. The predicted octanol–water partition coefficient (Wildman–Crippen LogP) is 4.55. The van der Waals surface area contributed by atoms with E-state index in [1.807, 2.05) is 12.1 Å². The Hall–Kier alpha value is -2.87. The van der Waals surface area contributed by atoms with Crippen LogP contribution in [0.2, 0.25) is 0 Å². The molecule has 0 aliphatic carbocycles. The van der Waals surface area contributed by atoms with Crippen LogP contribution in [0.3, 0.4) is 0 Å². The summed E-state index contributed by atoms with van der Waals surface area (Å²) in [5.74, 6) is -0.644. The Morgan fingerprint density at radius 2 is 1.60 bits per heavy atom. The summed E-state index contributed by atoms with van der Waals surface area (Å²) in [4.78, 5) is 37.2. The molecule has 2 aromatic rings. The van der Waals surface area contributed by atoms with E-state index in [1.54, 1.807) is 32.9 Å². The number of carbonyl (C=O) groups is 3. The smallest absolute Gasteiger partial charge is 0.348 e. The van der Waals surface area contributed by atoms with Gasteiger partial charge in [0.2, 0.25) is 0 Å². The zero-order valence-electron chi connectivity index (χ0n) is 17.9. The second-order valence-electron chi connectivity index (χ2n) is 6.76. The average Bonchev–Trinajstić information content (AvgIpc) is 3.03. The van der Waals surface area contributed by atoms with Crippen molar-refractivity contribution in [3.8, 4) is 5.75 Å². The van der Waals surface area contributed by atoms with Gasteiger partial charge < -0.3 is 19.5 Å². The Kier molecular flexibility index (Phi) is 8.41. The predicted molar refractivity (Wildman–Crippen MR) is 116 cm³/mol. The summed E-state index contributed by atoms with van der Waals surface area (Å²) in [5, 5.41) is 2.89. The standard InChI is InChI=1S/C22H27NO6S/c1-6-27-21(25)18-14(5)19(22(26)28-7-2)30-20(18)23-17(24)12-29-16-10-8-15(9-11-16)13(3)4/h8-11,13H,6-7,12H2,1-5H3,(H,23,24). The lowest BCUT2D eigenvalue weighted by molar-refractivity contribution is -0.118. The molecule has 0 saturated heterocycles. The molecule has 0 aliphatic rings. The molecular formula is C22H27NO6S. The lowest BCUT2D eigenvalue weighted by Gasteiger charge is -2.10. The van der Waals surface area contributed by atoms with E-state index < -0.39 is 17.8 Å². The van der Waals surface area contributed by atoms with Gasteiger partial charge in [-0.05, 0) is 49.9 Å². The van der Waals surface area contributed by atoms with E-state index in [4.69, 9.17) is 14.2 Å². The van der Waals surface area contributed by atoms with Crippen LogP contribution in [0.15, 0.2) is 24.3 Å². The fourth-order valence-electron chi connectivity index (χ4n) is 2.70. The molecule has 0 spiro atoms. The quantitative estimate of drug-likeness (QED) is 0.584. The Labute approximate surface area is 180 Å². The van der Waals surface area contributed by atoms with Gasteiger partial charge in [-0.15, -0.1) is 11.3 Å². The molecule has 2 rings (SSSR count). The zero-order valence-corrected chi connectivity index (χ0v) is 18.7. The van der Waals surface area contributed by atoms with Crippen LogP contribution in [0, 0.1) is 6.92 Å². The summed E-state index contributed by atoms with van der Waals surface area (Å²) >= 11 is 0.981. The van der Waals surface area contributed by atoms with Gasteiger partial charge >= 0.3 is 11.9 Å². The number of benzene rings is 1. The highest BCUT2D eigenvalue weighted by Gasteiger charge is 2.27. The van der Waals surface area contributed by atoms with E-state index in [9.17, 15) is 14.4 Å². The largest absolute Gasteiger partial charge is 0.484 e. The summed E-state index contributed by atoms with van der Waals surface area (Å²) in [5.41, 5.74) is 1.74. The molecule has 1 aromatic carbocycles. The van der Waals surface area contributed by atoms with E-state index in [-0.39, 0.29) is 35.3 Å². The first-order valence-electron chi connectivity index (χ1n) is 9.78. The summed E-state index contributed by atoms with van der Waals surface area (Å²) in [6.45, 7) is 9.33. The number of hydrogen-bond acceptors (Lipinski definition) is 7. The maximum atomic E-state index is 12.4. The number of nitrogens with one attached hydrogen (secondary N) is 1. The fourth-order valence-corrected chi connectivity index (χ4v) is 3.81. The van der Waals surface area contributed by atoms with Crippen LogP contribution >= 0.6 is 11.3 Å². The van der Waals surface area contributed by atoms with E-state index >= 15 is 0 Å². The van der Waals surface area contributed by atoms with Gasteiger partial charge in [0.25, 0.3) is 5.91 Å². The van der Waals surface area contributed by atoms with Gasteiger partial charge in [0.15, 0.2) is 6.61 Å². The number of rotatable bonds is 9. The summed E-state index contributed by atoms with van der Waals surface area (Å²) < 4.78 is 15.6. The molecule has 0 bridgehead atoms. The maximum Gasteiger partial charge on any atom is 0.348 e. The minimum absolute atomic E-state index is 0.152. The van der Waals surface area contributed by atoms with E-state index in [0.717, 1.165) is 11.3 Å². The first-order chi connectivity index (χ1) is 14.3. The number of amides is 1. The Morgan fingerprint density at radius 3 is 2.17 bits per heavy atom. The molecule has 0 saturated carbocycles. The van der Waals surface area contributed by atoms with Gasteiger partial charge in [0.05, 0.1) is 18.8 Å². The normalized spacial score (nSPS) is 10.6. The highest BCUT2D eigenvalue weighted by Crippen LogP contribution is 2.34. The van der Waals surface area contributed by atoms with Crippen molar-refractivity contribution < 1.29 is 28.6 Å². The third-order valence-corrected chi connectivity index (χ3v) is 5.44. The minimum atomic E-state index is -0.609. The molecule has 162 valence electrons. The molecule has 0 atom stereocenters.